The van der Waals surface area contributed by atoms with Crippen LogP contribution >= 0.6 is 0 Å². The van der Waals surface area contributed by atoms with Crippen molar-refractivity contribution in [1.29, 1.82) is 0 Å². The number of quaternary nitrogens is 1. The van der Waals surface area contributed by atoms with Crippen LogP contribution in [0.1, 0.15) is 33.6 Å². The molecule has 3 heteroatoms. The first-order valence-corrected chi connectivity index (χ1v) is 5.12. The maximum atomic E-state index is 11.4. The van der Waals surface area contributed by atoms with Crippen molar-refractivity contribution in [2.24, 2.45) is 5.92 Å². The van der Waals surface area contributed by atoms with E-state index in [1.807, 2.05) is 0 Å². The Labute approximate surface area is 106 Å². The van der Waals surface area contributed by atoms with Gasteiger partial charge in [-0.2, -0.15) is 0 Å². The molecule has 0 aromatic rings. The minimum Gasteiger partial charge on any atom is -1.00 e. The number of rotatable bonds is 5. The number of ketones is 1. The molecule has 14 heavy (non-hydrogen) atoms. The van der Waals surface area contributed by atoms with Crippen LogP contribution in [-0.4, -0.2) is 37.5 Å². The number of carbonyl (C=O) groups is 1. The second-order valence-electron chi connectivity index (χ2n) is 4.86. The fourth-order valence-electron chi connectivity index (χ4n) is 1.63. The maximum Gasteiger partial charge on any atom is 0.138 e. The molecule has 0 aromatic carbocycles. The number of Topliss-reactive ketones (excluding diaryl/α,β-unsaturated/α-hetero) is 1. The Kier molecular flexibility index (Phi) is 8.12. The summed E-state index contributed by atoms with van der Waals surface area (Å²) in [6.07, 6.45) is 2.11. The van der Waals surface area contributed by atoms with E-state index in [1.54, 1.807) is 6.92 Å². The molecule has 0 aliphatic carbocycles. The topological polar surface area (TPSA) is 17.1 Å². The zero-order valence-electron chi connectivity index (χ0n) is 10.3. The monoisotopic (exact) mass is 313 g/mol. The van der Waals surface area contributed by atoms with Crippen LogP contribution in [-0.2, 0) is 4.79 Å². The third kappa shape index (κ3) is 5.29. The van der Waals surface area contributed by atoms with Gasteiger partial charge in [-0.25, -0.2) is 0 Å². The van der Waals surface area contributed by atoms with E-state index in [1.165, 1.54) is 0 Å². The van der Waals surface area contributed by atoms with Crippen molar-refractivity contribution >= 4 is 5.78 Å². The molecule has 0 heterocycles. The molecule has 0 amide bonds. The number of nitrogens with zero attached hydrogens (tertiary/aromatic N) is 1. The van der Waals surface area contributed by atoms with Gasteiger partial charge in [0, 0.05) is 0 Å². The van der Waals surface area contributed by atoms with E-state index in [4.69, 9.17) is 0 Å². The number of carbonyl (C=O) groups excluding carboxylic acids is 1. The summed E-state index contributed by atoms with van der Waals surface area (Å²) in [5.41, 5.74) is 0. The average Bonchev–Trinajstić information content (AvgIpc) is 1.96. The highest BCUT2D eigenvalue weighted by atomic mass is 127. The highest BCUT2D eigenvalue weighted by molar-refractivity contribution is 5.78. The van der Waals surface area contributed by atoms with Crippen molar-refractivity contribution in [3.8, 4) is 0 Å². The predicted octanol–water partition coefficient (Wildman–Crippen LogP) is -0.910. The van der Waals surface area contributed by atoms with Crippen molar-refractivity contribution in [2.75, 3.05) is 21.1 Å². The summed E-state index contributed by atoms with van der Waals surface area (Å²) in [5, 5.41) is 0. The van der Waals surface area contributed by atoms with Gasteiger partial charge in [0.05, 0.1) is 33.1 Å². The van der Waals surface area contributed by atoms with Crippen molar-refractivity contribution in [3.05, 3.63) is 0 Å². The molecule has 0 aromatic heterocycles. The highest BCUT2D eigenvalue weighted by Crippen LogP contribution is 2.19. The molecule has 0 aliphatic rings. The third-order valence-corrected chi connectivity index (χ3v) is 2.93. The van der Waals surface area contributed by atoms with Gasteiger partial charge in [0.1, 0.15) is 5.78 Å². The van der Waals surface area contributed by atoms with Gasteiger partial charge in [-0.15, -0.1) is 0 Å². The summed E-state index contributed by atoms with van der Waals surface area (Å²) in [5.74, 6) is 0.562. The zero-order chi connectivity index (χ0) is 10.6. The van der Waals surface area contributed by atoms with Crippen LogP contribution in [0, 0.1) is 5.92 Å². The zero-order valence-corrected chi connectivity index (χ0v) is 12.5. The summed E-state index contributed by atoms with van der Waals surface area (Å²) in [6, 6.07) is 0.414. The molecule has 86 valence electrons. The summed E-state index contributed by atoms with van der Waals surface area (Å²) >= 11 is 0. The first kappa shape index (κ1) is 16.8. The molecule has 0 aliphatic heterocycles. The van der Waals surface area contributed by atoms with Crippen LogP contribution in [0.5, 0.6) is 0 Å². The smallest absolute Gasteiger partial charge is 0.138 e. The van der Waals surface area contributed by atoms with Gasteiger partial charge in [0.2, 0.25) is 0 Å². The Morgan fingerprint density at radius 1 is 1.29 bits per heavy atom. The molecule has 0 N–H and O–H groups in total. The Hall–Kier alpha value is 0.360. The number of hydrogen-bond donors (Lipinski definition) is 0. The lowest BCUT2D eigenvalue weighted by Crippen LogP contribution is -3.00. The van der Waals surface area contributed by atoms with E-state index in [0.717, 1.165) is 17.3 Å². The quantitative estimate of drug-likeness (QED) is 0.474. The van der Waals surface area contributed by atoms with Crippen LogP contribution in [0.4, 0.5) is 0 Å². The summed E-state index contributed by atoms with van der Waals surface area (Å²) in [4.78, 5) is 11.4. The third-order valence-electron chi connectivity index (χ3n) is 2.93. The van der Waals surface area contributed by atoms with E-state index in [-0.39, 0.29) is 29.9 Å². The Balaban J connectivity index is 0. The molecule has 2 atom stereocenters. The fraction of sp³-hybridized carbons (Fsp3) is 0.909. The SMILES string of the molecule is CCCC(C(C)=O)C(C)[N+](C)(C)C.[I-]. The van der Waals surface area contributed by atoms with E-state index in [9.17, 15) is 4.79 Å². The van der Waals surface area contributed by atoms with Crippen LogP contribution in [0.2, 0.25) is 0 Å². The van der Waals surface area contributed by atoms with Crippen molar-refractivity contribution in [1.82, 2.24) is 0 Å². The normalized spacial score (nSPS) is 15.6. The molecule has 0 radical (unpaired) electrons. The molecule has 0 spiro atoms. The lowest BCUT2D eigenvalue weighted by Gasteiger charge is -2.35. The van der Waals surface area contributed by atoms with Gasteiger partial charge in [0.15, 0.2) is 0 Å². The number of hydrogen-bond acceptors (Lipinski definition) is 1. The molecule has 2 nitrogen and oxygen atoms in total. The molecule has 0 saturated heterocycles. The van der Waals surface area contributed by atoms with Crippen molar-refractivity contribution in [3.63, 3.8) is 0 Å². The van der Waals surface area contributed by atoms with Gasteiger partial charge in [-0.1, -0.05) is 13.3 Å². The van der Waals surface area contributed by atoms with E-state index < -0.39 is 0 Å². The van der Waals surface area contributed by atoms with Crippen molar-refractivity contribution in [2.45, 2.75) is 39.7 Å². The van der Waals surface area contributed by atoms with Crippen LogP contribution in [0.25, 0.3) is 0 Å². The second-order valence-corrected chi connectivity index (χ2v) is 4.86. The van der Waals surface area contributed by atoms with Gasteiger partial charge in [-0.05, 0) is 20.3 Å². The fourth-order valence-corrected chi connectivity index (χ4v) is 1.63. The minimum absolute atomic E-state index is 0. The summed E-state index contributed by atoms with van der Waals surface area (Å²) < 4.78 is 0.865. The standard InChI is InChI=1S/C11H24NO.HI/c1-7-8-11(10(3)13)9(2)12(4,5)6;/h9,11H,7-8H2,1-6H3;1H/q+1;/p-1. The summed E-state index contributed by atoms with van der Waals surface area (Å²) in [7, 11) is 6.45. The van der Waals surface area contributed by atoms with Gasteiger partial charge in [-0.3, -0.25) is 4.79 Å². The Bertz CT molecular complexity index is 175. The van der Waals surface area contributed by atoms with Gasteiger partial charge < -0.3 is 28.5 Å². The molecule has 0 saturated carbocycles. The minimum atomic E-state index is 0. The van der Waals surface area contributed by atoms with E-state index in [0.29, 0.717) is 11.8 Å². The predicted molar refractivity (Wildman–Crippen MR) is 56.6 cm³/mol. The van der Waals surface area contributed by atoms with Crippen LogP contribution < -0.4 is 24.0 Å². The largest absolute Gasteiger partial charge is 1.00 e. The lowest BCUT2D eigenvalue weighted by atomic mass is 9.90. The molecular weight excluding hydrogens is 289 g/mol. The Morgan fingerprint density at radius 3 is 1.93 bits per heavy atom. The van der Waals surface area contributed by atoms with Crippen LogP contribution in [0.3, 0.4) is 0 Å². The summed E-state index contributed by atoms with van der Waals surface area (Å²) in [6.45, 7) is 6.02. The lowest BCUT2D eigenvalue weighted by molar-refractivity contribution is -0.896. The molecule has 0 rings (SSSR count). The maximum absolute atomic E-state index is 11.4. The van der Waals surface area contributed by atoms with E-state index in [2.05, 4.69) is 35.0 Å². The molecule has 0 fully saturated rings. The number of halogens is 1. The van der Waals surface area contributed by atoms with Crippen LogP contribution in [0.15, 0.2) is 0 Å². The molecule has 0 bridgehead atoms. The average molecular weight is 313 g/mol. The van der Waals surface area contributed by atoms with Crippen molar-refractivity contribution < 1.29 is 33.3 Å². The highest BCUT2D eigenvalue weighted by Gasteiger charge is 2.30. The van der Waals surface area contributed by atoms with Gasteiger partial charge in [0.25, 0.3) is 0 Å². The first-order valence-electron chi connectivity index (χ1n) is 5.12. The molecule has 2 unspecified atom stereocenters. The molecular formula is C11H24INO. The second kappa shape index (κ2) is 6.77. The first-order chi connectivity index (χ1) is 5.80. The van der Waals surface area contributed by atoms with E-state index >= 15 is 0 Å². The van der Waals surface area contributed by atoms with Gasteiger partial charge >= 0.3 is 0 Å². The Morgan fingerprint density at radius 2 is 1.71 bits per heavy atom.